The predicted octanol–water partition coefficient (Wildman–Crippen LogP) is 1.10. The smallest absolute Gasteiger partial charge is 0.292 e. The Morgan fingerprint density at radius 2 is 2.06 bits per heavy atom. The number of nitriles is 1. The minimum Gasteiger partial charge on any atom is -0.508 e. The molecule has 1 aromatic carbocycles. The Labute approximate surface area is 94.1 Å². The van der Waals surface area contributed by atoms with Gasteiger partial charge in [0.2, 0.25) is 0 Å². The SMILES string of the molecule is N#Cc1c([N+](=O)[O-])cc(O)cc1S(=O)(=O)Cl. The zero-order valence-corrected chi connectivity index (χ0v) is 8.99. The molecule has 9 heteroatoms. The number of phenolic OH excluding ortho intramolecular Hbond substituents is 1. The lowest BCUT2D eigenvalue weighted by molar-refractivity contribution is -0.385. The Kier molecular flexibility index (Phi) is 3.02. The Morgan fingerprint density at radius 3 is 2.44 bits per heavy atom. The lowest BCUT2D eigenvalue weighted by atomic mass is 10.2. The molecule has 0 radical (unpaired) electrons. The van der Waals surface area contributed by atoms with Gasteiger partial charge in [-0.3, -0.25) is 10.1 Å². The van der Waals surface area contributed by atoms with Crippen LogP contribution in [-0.2, 0) is 9.05 Å². The second kappa shape index (κ2) is 3.96. The fourth-order valence-electron chi connectivity index (χ4n) is 1.04. The van der Waals surface area contributed by atoms with E-state index in [0.717, 1.165) is 0 Å². The molecule has 1 aromatic rings. The van der Waals surface area contributed by atoms with Crippen molar-refractivity contribution in [2.24, 2.45) is 0 Å². The molecule has 0 saturated carbocycles. The molecule has 1 N–H and O–H groups in total. The van der Waals surface area contributed by atoms with Crippen molar-refractivity contribution < 1.29 is 18.4 Å². The van der Waals surface area contributed by atoms with Gasteiger partial charge in [-0.05, 0) is 0 Å². The number of aromatic hydroxyl groups is 1. The number of nitrogens with zero attached hydrogens (tertiary/aromatic N) is 2. The molecule has 1 rings (SSSR count). The highest BCUT2D eigenvalue weighted by atomic mass is 35.7. The maximum absolute atomic E-state index is 11.0. The van der Waals surface area contributed by atoms with Crippen molar-refractivity contribution >= 4 is 25.4 Å². The molecule has 0 aliphatic carbocycles. The van der Waals surface area contributed by atoms with E-state index in [1.807, 2.05) is 0 Å². The van der Waals surface area contributed by atoms with Gasteiger partial charge in [0.1, 0.15) is 22.3 Å². The van der Waals surface area contributed by atoms with Crippen molar-refractivity contribution in [3.8, 4) is 11.8 Å². The van der Waals surface area contributed by atoms with Crippen LogP contribution in [0.25, 0.3) is 0 Å². The van der Waals surface area contributed by atoms with E-state index in [4.69, 9.17) is 21.1 Å². The molecule has 0 aliphatic heterocycles. The van der Waals surface area contributed by atoms with Crippen molar-refractivity contribution in [1.82, 2.24) is 0 Å². The summed E-state index contributed by atoms with van der Waals surface area (Å²) in [5.41, 5.74) is -1.53. The molecule has 84 valence electrons. The molecule has 0 atom stereocenters. The molecule has 16 heavy (non-hydrogen) atoms. The minimum atomic E-state index is -4.34. The van der Waals surface area contributed by atoms with E-state index < -0.39 is 35.9 Å². The highest BCUT2D eigenvalue weighted by molar-refractivity contribution is 8.13. The summed E-state index contributed by atoms with van der Waals surface area (Å²) in [4.78, 5) is 8.75. The van der Waals surface area contributed by atoms with Gasteiger partial charge >= 0.3 is 0 Å². The lowest BCUT2D eigenvalue weighted by Crippen LogP contribution is -2.00. The van der Waals surface area contributed by atoms with Gasteiger partial charge in [-0.15, -0.1) is 0 Å². The third-order valence-corrected chi connectivity index (χ3v) is 2.98. The van der Waals surface area contributed by atoms with Crippen LogP contribution in [0.4, 0.5) is 5.69 Å². The monoisotopic (exact) mass is 262 g/mol. The topological polar surface area (TPSA) is 121 Å². The van der Waals surface area contributed by atoms with Crippen LogP contribution in [-0.4, -0.2) is 18.4 Å². The van der Waals surface area contributed by atoms with E-state index in [-0.39, 0.29) is 0 Å². The molecule has 0 bridgehead atoms. The van der Waals surface area contributed by atoms with E-state index >= 15 is 0 Å². The van der Waals surface area contributed by atoms with Crippen LogP contribution in [0, 0.1) is 21.4 Å². The van der Waals surface area contributed by atoms with E-state index in [2.05, 4.69) is 0 Å². The number of halogens is 1. The zero-order chi connectivity index (χ0) is 12.5. The number of rotatable bonds is 2. The molecule has 0 saturated heterocycles. The van der Waals surface area contributed by atoms with Crippen LogP contribution in [0.1, 0.15) is 5.56 Å². The summed E-state index contributed by atoms with van der Waals surface area (Å²) in [6.07, 6.45) is 0. The Balaban J connectivity index is 3.78. The lowest BCUT2D eigenvalue weighted by Gasteiger charge is -2.01. The average Bonchev–Trinajstić information content (AvgIpc) is 2.14. The number of hydrogen-bond acceptors (Lipinski definition) is 6. The second-order valence-corrected chi connectivity index (χ2v) is 5.18. The number of benzene rings is 1. The molecule has 0 heterocycles. The maximum atomic E-state index is 11.0. The first-order valence-corrected chi connectivity index (χ1v) is 5.94. The van der Waals surface area contributed by atoms with E-state index in [9.17, 15) is 18.5 Å². The van der Waals surface area contributed by atoms with E-state index in [1.165, 1.54) is 6.07 Å². The van der Waals surface area contributed by atoms with Crippen molar-refractivity contribution in [3.63, 3.8) is 0 Å². The van der Waals surface area contributed by atoms with Gasteiger partial charge in [-0.1, -0.05) is 0 Å². The van der Waals surface area contributed by atoms with Crippen molar-refractivity contribution in [1.29, 1.82) is 5.26 Å². The fourth-order valence-corrected chi connectivity index (χ4v) is 2.06. The second-order valence-electron chi connectivity index (χ2n) is 2.64. The van der Waals surface area contributed by atoms with Gasteiger partial charge in [-0.25, -0.2) is 8.42 Å². The summed E-state index contributed by atoms with van der Waals surface area (Å²) in [5, 5.41) is 28.2. The van der Waals surface area contributed by atoms with Crippen molar-refractivity contribution in [2.45, 2.75) is 4.90 Å². The maximum Gasteiger partial charge on any atom is 0.292 e. The summed E-state index contributed by atoms with van der Waals surface area (Å²) < 4.78 is 22.0. The highest BCUT2D eigenvalue weighted by Gasteiger charge is 2.26. The fraction of sp³-hybridized carbons (Fsp3) is 0. The number of hydrogen-bond donors (Lipinski definition) is 1. The summed E-state index contributed by atoms with van der Waals surface area (Å²) in [6.45, 7) is 0. The summed E-state index contributed by atoms with van der Waals surface area (Å²) in [7, 11) is 0.640. The van der Waals surface area contributed by atoms with Crippen molar-refractivity contribution in [2.75, 3.05) is 0 Å². The molecule has 0 aromatic heterocycles. The molecule has 0 spiro atoms. The highest BCUT2D eigenvalue weighted by Crippen LogP contribution is 2.31. The summed E-state index contributed by atoms with van der Waals surface area (Å²) in [6, 6.07) is 2.71. The van der Waals surface area contributed by atoms with E-state index in [0.29, 0.717) is 12.1 Å². The van der Waals surface area contributed by atoms with Crippen molar-refractivity contribution in [3.05, 3.63) is 27.8 Å². The average molecular weight is 263 g/mol. The zero-order valence-electron chi connectivity index (χ0n) is 7.42. The first-order valence-electron chi connectivity index (χ1n) is 3.63. The number of nitro groups is 1. The molecule has 0 aliphatic rings. The summed E-state index contributed by atoms with van der Waals surface area (Å²) in [5.74, 6) is -0.662. The van der Waals surface area contributed by atoms with Crippen LogP contribution >= 0.6 is 10.7 Å². The molecule has 7 nitrogen and oxygen atoms in total. The molecular formula is C7H3ClN2O5S. The van der Waals surface area contributed by atoms with Gasteiger partial charge < -0.3 is 5.11 Å². The van der Waals surface area contributed by atoms with Gasteiger partial charge in [0, 0.05) is 16.7 Å². The largest absolute Gasteiger partial charge is 0.508 e. The summed E-state index contributed by atoms with van der Waals surface area (Å²) >= 11 is 0. The van der Waals surface area contributed by atoms with Gasteiger partial charge in [-0.2, -0.15) is 5.26 Å². The van der Waals surface area contributed by atoms with Crippen LogP contribution in [0.15, 0.2) is 17.0 Å². The first kappa shape index (κ1) is 12.2. The van der Waals surface area contributed by atoms with Crippen LogP contribution < -0.4 is 0 Å². The van der Waals surface area contributed by atoms with Crippen LogP contribution in [0.3, 0.4) is 0 Å². The quantitative estimate of drug-likeness (QED) is 0.484. The van der Waals surface area contributed by atoms with Crippen LogP contribution in [0.5, 0.6) is 5.75 Å². The predicted molar refractivity (Wildman–Crippen MR) is 52.5 cm³/mol. The third kappa shape index (κ3) is 2.21. The third-order valence-electron chi connectivity index (χ3n) is 1.64. The standard InChI is InChI=1S/C7H3ClN2O5S/c8-16(14,15)7-2-4(11)1-6(10(12)13)5(7)3-9/h1-2,11H. The Hall–Kier alpha value is -1.85. The first-order chi connectivity index (χ1) is 7.27. The molecule has 0 amide bonds. The van der Waals surface area contributed by atoms with Gasteiger partial charge in [0.25, 0.3) is 14.7 Å². The normalized spacial score (nSPS) is 10.8. The van der Waals surface area contributed by atoms with Gasteiger partial charge in [0.15, 0.2) is 0 Å². The number of nitro benzene ring substituents is 1. The van der Waals surface area contributed by atoms with Gasteiger partial charge in [0.05, 0.1) is 11.0 Å². The minimum absolute atomic E-state index is 0.662. The molecule has 0 unspecified atom stereocenters. The number of phenols is 1. The molecule has 0 fully saturated rings. The molecular weight excluding hydrogens is 260 g/mol. The van der Waals surface area contributed by atoms with E-state index in [1.54, 1.807) is 0 Å². The Bertz CT molecular complexity index is 604. The van der Waals surface area contributed by atoms with Crippen LogP contribution in [0.2, 0.25) is 0 Å². The Morgan fingerprint density at radius 1 is 1.50 bits per heavy atom.